The molecular formula is C28H26N2O5S. The number of para-hydroxylation sites is 1. The second-order valence-electron chi connectivity index (χ2n) is 7.91. The Kier molecular flexibility index (Phi) is 7.56. The van der Waals surface area contributed by atoms with Crippen LogP contribution in [0.25, 0.3) is 0 Å². The van der Waals surface area contributed by atoms with E-state index in [4.69, 9.17) is 9.47 Å². The zero-order valence-electron chi connectivity index (χ0n) is 19.9. The van der Waals surface area contributed by atoms with Crippen molar-refractivity contribution in [2.24, 2.45) is 0 Å². The van der Waals surface area contributed by atoms with Crippen molar-refractivity contribution < 1.29 is 22.7 Å². The van der Waals surface area contributed by atoms with Crippen LogP contribution in [0.2, 0.25) is 0 Å². The third-order valence-electron chi connectivity index (χ3n) is 5.24. The highest BCUT2D eigenvalue weighted by molar-refractivity contribution is 7.93. The zero-order chi connectivity index (χ0) is 25.5. The molecule has 0 heterocycles. The minimum atomic E-state index is -3.99. The van der Waals surface area contributed by atoms with Crippen molar-refractivity contribution in [3.63, 3.8) is 0 Å². The van der Waals surface area contributed by atoms with Gasteiger partial charge >= 0.3 is 0 Å². The summed E-state index contributed by atoms with van der Waals surface area (Å²) in [5, 5.41) is 2.74. The molecule has 0 spiro atoms. The third kappa shape index (κ3) is 6.03. The van der Waals surface area contributed by atoms with E-state index in [0.29, 0.717) is 40.7 Å². The quantitative estimate of drug-likeness (QED) is 0.283. The van der Waals surface area contributed by atoms with E-state index in [1.165, 1.54) is 0 Å². The van der Waals surface area contributed by atoms with Gasteiger partial charge in [0.15, 0.2) is 0 Å². The number of nitrogens with one attached hydrogen (secondary N) is 2. The lowest BCUT2D eigenvalue weighted by atomic mass is 10.2. The summed E-state index contributed by atoms with van der Waals surface area (Å²) in [6, 6.07) is 27.5. The summed E-state index contributed by atoms with van der Waals surface area (Å²) in [6.45, 7) is 4.07. The van der Waals surface area contributed by atoms with Crippen LogP contribution in [0.5, 0.6) is 17.2 Å². The number of carbonyl (C=O) groups excluding carboxylic acids is 1. The fourth-order valence-electron chi connectivity index (χ4n) is 3.59. The number of amides is 1. The van der Waals surface area contributed by atoms with E-state index in [1.807, 2.05) is 37.3 Å². The number of ether oxygens (including phenoxy) is 2. The molecule has 0 unspecified atom stereocenters. The normalized spacial score (nSPS) is 10.9. The van der Waals surface area contributed by atoms with Crippen LogP contribution < -0.4 is 19.5 Å². The average molecular weight is 503 g/mol. The predicted octanol–water partition coefficient (Wildman–Crippen LogP) is 6.24. The lowest BCUT2D eigenvalue weighted by Gasteiger charge is -2.16. The Morgan fingerprint density at radius 2 is 1.42 bits per heavy atom. The maximum atomic E-state index is 13.3. The Balaban J connectivity index is 1.52. The third-order valence-corrected chi connectivity index (χ3v) is 6.83. The van der Waals surface area contributed by atoms with Crippen molar-refractivity contribution in [1.29, 1.82) is 0 Å². The molecule has 36 heavy (non-hydrogen) atoms. The molecule has 4 aromatic carbocycles. The van der Waals surface area contributed by atoms with Gasteiger partial charge in [0.25, 0.3) is 15.9 Å². The average Bonchev–Trinajstić information content (AvgIpc) is 2.86. The molecular weight excluding hydrogens is 476 g/mol. The van der Waals surface area contributed by atoms with E-state index >= 15 is 0 Å². The number of anilines is 2. The summed E-state index contributed by atoms with van der Waals surface area (Å²) in [6.07, 6.45) is 0. The van der Waals surface area contributed by atoms with Crippen molar-refractivity contribution in [2.45, 2.75) is 18.7 Å². The van der Waals surface area contributed by atoms with Crippen molar-refractivity contribution in [3.8, 4) is 17.2 Å². The van der Waals surface area contributed by atoms with E-state index in [2.05, 4.69) is 10.0 Å². The molecule has 0 fully saturated rings. The van der Waals surface area contributed by atoms with Crippen LogP contribution in [-0.2, 0) is 10.0 Å². The highest BCUT2D eigenvalue weighted by Crippen LogP contribution is 2.29. The van der Waals surface area contributed by atoms with Gasteiger partial charge in [-0.15, -0.1) is 0 Å². The maximum absolute atomic E-state index is 13.3. The molecule has 4 rings (SSSR count). The summed E-state index contributed by atoms with van der Waals surface area (Å²) in [7, 11) is -3.99. The van der Waals surface area contributed by atoms with Crippen LogP contribution in [0.15, 0.2) is 102 Å². The number of sulfonamides is 1. The Labute approximate surface area is 210 Å². The van der Waals surface area contributed by atoms with Crippen LogP contribution in [0.3, 0.4) is 0 Å². The first-order chi connectivity index (χ1) is 17.4. The molecule has 8 heteroatoms. The number of rotatable bonds is 9. The monoisotopic (exact) mass is 502 g/mol. The maximum Gasteiger partial charge on any atom is 0.264 e. The topological polar surface area (TPSA) is 93.7 Å². The fourth-order valence-corrected chi connectivity index (χ4v) is 5.04. The van der Waals surface area contributed by atoms with Crippen LogP contribution in [0.1, 0.15) is 22.8 Å². The first-order valence-electron chi connectivity index (χ1n) is 11.4. The lowest BCUT2D eigenvalue weighted by molar-refractivity contribution is 0.102. The molecule has 0 radical (unpaired) electrons. The van der Waals surface area contributed by atoms with Gasteiger partial charge in [-0.3, -0.25) is 9.52 Å². The van der Waals surface area contributed by atoms with Crippen LogP contribution in [-0.4, -0.2) is 20.9 Å². The second-order valence-corrected chi connectivity index (χ2v) is 9.53. The first-order valence-corrected chi connectivity index (χ1v) is 12.8. The summed E-state index contributed by atoms with van der Waals surface area (Å²) in [5.41, 5.74) is 1.42. The number of hydrogen-bond donors (Lipinski definition) is 2. The predicted molar refractivity (Wildman–Crippen MR) is 141 cm³/mol. The molecule has 0 aromatic heterocycles. The van der Waals surface area contributed by atoms with Crippen LogP contribution in [0, 0.1) is 6.92 Å². The molecule has 0 saturated heterocycles. The van der Waals surface area contributed by atoms with Crippen LogP contribution in [0.4, 0.5) is 11.4 Å². The Hall–Kier alpha value is -4.30. The Morgan fingerprint density at radius 3 is 2.08 bits per heavy atom. The van der Waals surface area contributed by atoms with Gasteiger partial charge in [0.05, 0.1) is 12.3 Å². The highest BCUT2D eigenvalue weighted by Gasteiger charge is 2.23. The minimum Gasteiger partial charge on any atom is -0.494 e. The Morgan fingerprint density at radius 1 is 0.778 bits per heavy atom. The fraction of sp³-hybridized carbons (Fsp3) is 0.107. The van der Waals surface area contributed by atoms with Gasteiger partial charge in [-0.2, -0.15) is 0 Å². The molecule has 7 nitrogen and oxygen atoms in total. The molecule has 184 valence electrons. The second kappa shape index (κ2) is 11.0. The lowest BCUT2D eigenvalue weighted by Crippen LogP contribution is -2.19. The van der Waals surface area contributed by atoms with E-state index < -0.39 is 15.9 Å². The van der Waals surface area contributed by atoms with Gasteiger partial charge in [0.2, 0.25) is 0 Å². The van der Waals surface area contributed by atoms with Crippen molar-refractivity contribution in [1.82, 2.24) is 0 Å². The molecule has 4 aromatic rings. The first kappa shape index (κ1) is 24.8. The molecule has 2 N–H and O–H groups in total. The van der Waals surface area contributed by atoms with E-state index in [0.717, 1.165) is 0 Å². The summed E-state index contributed by atoms with van der Waals surface area (Å²) in [4.78, 5) is 12.9. The standard InChI is InChI=1S/C28H26N2O5S/c1-3-34-23-18-14-22(15-19-23)30-36(32,33)27-20(2)8-7-11-26(27)29-28(31)21-12-16-25(17-13-21)35-24-9-5-4-6-10-24/h4-19,30H,3H2,1-2H3,(H,29,31). The van der Waals surface area contributed by atoms with Gasteiger partial charge in [0.1, 0.15) is 22.1 Å². The summed E-state index contributed by atoms with van der Waals surface area (Å²) in [5.74, 6) is 1.47. The number of benzene rings is 4. The van der Waals surface area contributed by atoms with Crippen molar-refractivity contribution >= 4 is 27.3 Å². The zero-order valence-corrected chi connectivity index (χ0v) is 20.7. The van der Waals surface area contributed by atoms with Gasteiger partial charge < -0.3 is 14.8 Å². The SMILES string of the molecule is CCOc1ccc(NS(=O)(=O)c2c(C)cccc2NC(=O)c2ccc(Oc3ccccc3)cc2)cc1. The van der Waals surface area contributed by atoms with Gasteiger partial charge in [-0.05, 0) is 86.1 Å². The molecule has 1 amide bonds. The van der Waals surface area contributed by atoms with Gasteiger partial charge in [-0.25, -0.2) is 8.42 Å². The van der Waals surface area contributed by atoms with E-state index in [9.17, 15) is 13.2 Å². The van der Waals surface area contributed by atoms with E-state index in [1.54, 1.807) is 73.7 Å². The minimum absolute atomic E-state index is 0.00346. The molecule has 0 atom stereocenters. The van der Waals surface area contributed by atoms with Gasteiger partial charge in [0, 0.05) is 11.3 Å². The number of hydrogen-bond acceptors (Lipinski definition) is 5. The number of aryl methyl sites for hydroxylation is 1. The smallest absolute Gasteiger partial charge is 0.264 e. The van der Waals surface area contributed by atoms with E-state index in [-0.39, 0.29) is 10.6 Å². The van der Waals surface area contributed by atoms with Crippen LogP contribution >= 0.6 is 0 Å². The summed E-state index contributed by atoms with van der Waals surface area (Å²) >= 11 is 0. The molecule has 0 bridgehead atoms. The molecule has 0 aliphatic rings. The Bertz CT molecular complexity index is 1440. The summed E-state index contributed by atoms with van der Waals surface area (Å²) < 4.78 is 40.3. The largest absolute Gasteiger partial charge is 0.494 e. The highest BCUT2D eigenvalue weighted by atomic mass is 32.2. The molecule has 0 saturated carbocycles. The molecule has 0 aliphatic heterocycles. The number of carbonyl (C=O) groups is 1. The molecule has 0 aliphatic carbocycles. The van der Waals surface area contributed by atoms with Crippen molar-refractivity contribution in [3.05, 3.63) is 108 Å². The van der Waals surface area contributed by atoms with Gasteiger partial charge in [-0.1, -0.05) is 30.3 Å². The van der Waals surface area contributed by atoms with Crippen molar-refractivity contribution in [2.75, 3.05) is 16.6 Å².